The number of halogens is 2. The maximum atomic E-state index is 12.6. The minimum atomic E-state index is 0. The molecule has 7 heteroatoms. The van der Waals surface area contributed by atoms with E-state index in [0.29, 0.717) is 23.3 Å². The molecule has 2 aliphatic rings. The fourth-order valence-corrected chi connectivity index (χ4v) is 3.97. The van der Waals surface area contributed by atoms with Gasteiger partial charge in [0, 0.05) is 62.6 Å². The summed E-state index contributed by atoms with van der Waals surface area (Å²) >= 11 is 0. The van der Waals surface area contributed by atoms with Gasteiger partial charge in [0.05, 0.1) is 0 Å². The number of nitrogens with zero attached hydrogens (tertiary/aromatic N) is 3. The van der Waals surface area contributed by atoms with Crippen molar-refractivity contribution < 1.29 is 4.79 Å². The Morgan fingerprint density at radius 2 is 1.65 bits per heavy atom. The third-order valence-corrected chi connectivity index (χ3v) is 5.60. The van der Waals surface area contributed by atoms with Crippen molar-refractivity contribution in [1.29, 1.82) is 0 Å². The highest BCUT2D eigenvalue weighted by Crippen LogP contribution is 2.23. The quantitative estimate of drug-likeness (QED) is 0.786. The molecule has 5 nitrogen and oxygen atoms in total. The molecule has 2 fully saturated rings. The van der Waals surface area contributed by atoms with Crippen molar-refractivity contribution in [2.24, 2.45) is 0 Å². The molecule has 2 N–H and O–H groups in total. The summed E-state index contributed by atoms with van der Waals surface area (Å²) in [5.41, 5.74) is 7.13. The van der Waals surface area contributed by atoms with Crippen LogP contribution in [0.2, 0.25) is 0 Å². The zero-order valence-electron chi connectivity index (χ0n) is 15.8. The molecule has 148 valence electrons. The molecule has 3 rings (SSSR count). The van der Waals surface area contributed by atoms with Gasteiger partial charge in [-0.15, -0.1) is 24.8 Å². The van der Waals surface area contributed by atoms with Crippen LogP contribution in [0, 0.1) is 0 Å². The maximum Gasteiger partial charge on any atom is 0.254 e. The first-order chi connectivity index (χ1) is 11.5. The zero-order chi connectivity index (χ0) is 17.1. The van der Waals surface area contributed by atoms with Crippen LogP contribution in [0.25, 0.3) is 0 Å². The molecule has 0 spiro atoms. The summed E-state index contributed by atoms with van der Waals surface area (Å²) in [5.74, 6) is 0.101. The van der Waals surface area contributed by atoms with Gasteiger partial charge in [0.1, 0.15) is 0 Å². The van der Waals surface area contributed by atoms with Gasteiger partial charge in [-0.25, -0.2) is 0 Å². The minimum Gasteiger partial charge on any atom is -0.399 e. The van der Waals surface area contributed by atoms with Crippen LogP contribution in [-0.4, -0.2) is 72.0 Å². The van der Waals surface area contributed by atoms with Crippen LogP contribution >= 0.6 is 24.8 Å². The molecule has 0 aromatic heterocycles. The summed E-state index contributed by atoms with van der Waals surface area (Å²) in [5, 5.41) is 0. The number of amides is 1. The smallest absolute Gasteiger partial charge is 0.254 e. The van der Waals surface area contributed by atoms with E-state index in [1.165, 1.54) is 12.8 Å². The highest BCUT2D eigenvalue weighted by molar-refractivity contribution is 5.95. The first-order valence-electron chi connectivity index (χ1n) is 9.17. The number of benzene rings is 1. The van der Waals surface area contributed by atoms with E-state index in [4.69, 9.17) is 5.73 Å². The largest absolute Gasteiger partial charge is 0.399 e. The topological polar surface area (TPSA) is 52.8 Å². The second-order valence-electron chi connectivity index (χ2n) is 7.27. The summed E-state index contributed by atoms with van der Waals surface area (Å²) in [4.78, 5) is 19.6. The lowest BCUT2D eigenvalue weighted by Gasteiger charge is -2.36. The van der Waals surface area contributed by atoms with E-state index in [9.17, 15) is 4.79 Å². The average molecular weight is 403 g/mol. The molecule has 1 amide bonds. The fourth-order valence-electron chi connectivity index (χ4n) is 3.97. The van der Waals surface area contributed by atoms with Crippen LogP contribution in [0.5, 0.6) is 0 Å². The molecule has 2 unspecified atom stereocenters. The average Bonchev–Trinajstić information content (AvgIpc) is 2.91. The van der Waals surface area contributed by atoms with E-state index < -0.39 is 0 Å². The maximum absolute atomic E-state index is 12.6. The second-order valence-corrected chi connectivity index (χ2v) is 7.27. The summed E-state index contributed by atoms with van der Waals surface area (Å²) in [6, 6.07) is 8.70. The van der Waals surface area contributed by atoms with Crippen molar-refractivity contribution in [2.75, 3.05) is 45.0 Å². The summed E-state index contributed by atoms with van der Waals surface area (Å²) in [7, 11) is 0. The molecule has 2 heterocycles. The van der Waals surface area contributed by atoms with Crippen molar-refractivity contribution in [3.8, 4) is 0 Å². The summed E-state index contributed by atoms with van der Waals surface area (Å²) in [6.07, 6.45) is 2.65. The highest BCUT2D eigenvalue weighted by Gasteiger charge is 2.28. The van der Waals surface area contributed by atoms with Crippen molar-refractivity contribution in [3.63, 3.8) is 0 Å². The number of carbonyl (C=O) groups excluding carboxylic acids is 1. The monoisotopic (exact) mass is 402 g/mol. The lowest BCUT2D eigenvalue weighted by molar-refractivity contribution is 0.0614. The number of hydrogen-bond acceptors (Lipinski definition) is 4. The van der Waals surface area contributed by atoms with Gasteiger partial charge in [-0.2, -0.15) is 0 Å². The number of rotatable bonds is 4. The second kappa shape index (κ2) is 10.4. The molecule has 0 aliphatic carbocycles. The van der Waals surface area contributed by atoms with Crippen molar-refractivity contribution in [3.05, 3.63) is 29.8 Å². The van der Waals surface area contributed by atoms with E-state index in [1.807, 2.05) is 23.1 Å². The minimum absolute atomic E-state index is 0. The molecule has 0 radical (unpaired) electrons. The van der Waals surface area contributed by atoms with Crippen LogP contribution in [0.3, 0.4) is 0 Å². The number of nitrogens with two attached hydrogens (primary N) is 1. The van der Waals surface area contributed by atoms with Crippen molar-refractivity contribution >= 4 is 36.4 Å². The van der Waals surface area contributed by atoms with Gasteiger partial charge in [-0.1, -0.05) is 6.07 Å². The van der Waals surface area contributed by atoms with E-state index in [1.54, 1.807) is 6.07 Å². The number of anilines is 1. The van der Waals surface area contributed by atoms with Gasteiger partial charge in [0.25, 0.3) is 5.91 Å². The third-order valence-electron chi connectivity index (χ3n) is 5.60. The summed E-state index contributed by atoms with van der Waals surface area (Å²) in [6.45, 7) is 10.5. The normalized spacial score (nSPS) is 24.0. The lowest BCUT2D eigenvalue weighted by atomic mass is 10.1. The summed E-state index contributed by atoms with van der Waals surface area (Å²) < 4.78 is 0. The Kier molecular flexibility index (Phi) is 9.17. The molecule has 1 aromatic rings. The zero-order valence-corrected chi connectivity index (χ0v) is 17.4. The molecule has 0 bridgehead atoms. The first kappa shape index (κ1) is 23.0. The molecule has 2 atom stereocenters. The molecular weight excluding hydrogens is 371 g/mol. The Labute approximate surface area is 169 Å². The highest BCUT2D eigenvalue weighted by atomic mass is 35.5. The number of piperazine rings is 1. The first-order valence-corrected chi connectivity index (χ1v) is 9.17. The van der Waals surface area contributed by atoms with Crippen LogP contribution in [0.4, 0.5) is 5.69 Å². The van der Waals surface area contributed by atoms with Gasteiger partial charge < -0.3 is 10.6 Å². The fraction of sp³-hybridized carbons (Fsp3) is 0.632. The molecule has 0 saturated carbocycles. The van der Waals surface area contributed by atoms with Gasteiger partial charge >= 0.3 is 0 Å². The van der Waals surface area contributed by atoms with Gasteiger partial charge in [0.2, 0.25) is 0 Å². The standard InChI is InChI=1S/C19H30N4O.2ClH/c1-15-6-7-16(2)23(15)13-10-21-8-11-22(12-9-21)19(24)17-4-3-5-18(20)14-17;;/h3-5,14-16H,6-13,20H2,1-2H3;2*1H. The third kappa shape index (κ3) is 5.49. The Hall–Kier alpha value is -1.01. The predicted octanol–water partition coefficient (Wildman–Crippen LogP) is 2.74. The number of nitrogen functional groups attached to an aromatic ring is 1. The number of carbonyl (C=O) groups is 1. The van der Waals surface area contributed by atoms with Gasteiger partial charge in [-0.3, -0.25) is 14.6 Å². The Morgan fingerprint density at radius 1 is 1.04 bits per heavy atom. The molecule has 26 heavy (non-hydrogen) atoms. The number of hydrogen-bond donors (Lipinski definition) is 1. The molecule has 2 saturated heterocycles. The van der Waals surface area contributed by atoms with E-state index in [2.05, 4.69) is 23.6 Å². The molecule has 1 aromatic carbocycles. The van der Waals surface area contributed by atoms with Crippen LogP contribution in [0.15, 0.2) is 24.3 Å². The Morgan fingerprint density at radius 3 is 2.23 bits per heavy atom. The van der Waals surface area contributed by atoms with Crippen LogP contribution in [0.1, 0.15) is 37.0 Å². The van der Waals surface area contributed by atoms with E-state index in [0.717, 1.165) is 39.3 Å². The Balaban J connectivity index is 0.00000169. The van der Waals surface area contributed by atoms with E-state index >= 15 is 0 Å². The van der Waals surface area contributed by atoms with Crippen molar-refractivity contribution in [1.82, 2.24) is 14.7 Å². The van der Waals surface area contributed by atoms with Crippen LogP contribution < -0.4 is 5.73 Å². The van der Waals surface area contributed by atoms with Gasteiger partial charge in [0.15, 0.2) is 0 Å². The number of likely N-dealkylation sites (tertiary alicyclic amines) is 1. The van der Waals surface area contributed by atoms with Gasteiger partial charge in [-0.05, 0) is 44.9 Å². The molecule has 2 aliphatic heterocycles. The van der Waals surface area contributed by atoms with E-state index in [-0.39, 0.29) is 30.7 Å². The predicted molar refractivity (Wildman–Crippen MR) is 113 cm³/mol. The van der Waals surface area contributed by atoms with Crippen LogP contribution in [-0.2, 0) is 0 Å². The Bertz CT molecular complexity index is 568. The van der Waals surface area contributed by atoms with Crippen molar-refractivity contribution in [2.45, 2.75) is 38.8 Å². The lowest BCUT2D eigenvalue weighted by Crippen LogP contribution is -2.50. The molecular formula is C19H32Cl2N4O. The SMILES string of the molecule is CC1CCC(C)N1CCN1CCN(C(=O)c2cccc(N)c2)CC1.Cl.Cl.